The maximum atomic E-state index is 12.4. The van der Waals surface area contributed by atoms with Crippen molar-refractivity contribution >= 4 is 11.9 Å². The third-order valence-corrected chi connectivity index (χ3v) is 4.50. The van der Waals surface area contributed by atoms with Crippen LogP contribution >= 0.6 is 0 Å². The molecule has 2 fully saturated rings. The van der Waals surface area contributed by atoms with Crippen LogP contribution in [-0.4, -0.2) is 65.4 Å². The topological polar surface area (TPSA) is 89.0 Å². The fraction of sp³-hybridized carbons (Fsp3) is 0.588. The normalized spacial score (nSPS) is 21.8. The van der Waals surface area contributed by atoms with E-state index in [0.29, 0.717) is 25.3 Å². The van der Waals surface area contributed by atoms with Gasteiger partial charge in [0.1, 0.15) is 5.69 Å². The minimum absolute atomic E-state index is 0.0622. The van der Waals surface area contributed by atoms with Crippen LogP contribution in [0.25, 0.3) is 0 Å². The largest absolute Gasteiger partial charge is 0.477 e. The van der Waals surface area contributed by atoms with Gasteiger partial charge in [-0.3, -0.25) is 4.79 Å². The van der Waals surface area contributed by atoms with Crippen molar-refractivity contribution in [2.24, 2.45) is 0 Å². The van der Waals surface area contributed by atoms with Crippen LogP contribution in [0.15, 0.2) is 18.3 Å². The monoisotopic (exact) mass is 334 g/mol. The standard InChI is InChI=1S/C17H22N2O5/c20-16(12-3-4-15(17(21)22)18-10-12)19-7-5-13(6-8-19)24-11-14-2-1-9-23-14/h3-4,10,13-14H,1-2,5-9,11H2,(H,21,22)/t14-/m0/s1. The molecule has 0 radical (unpaired) electrons. The molecule has 130 valence electrons. The second kappa shape index (κ2) is 7.72. The van der Waals surface area contributed by atoms with Crippen LogP contribution in [0.2, 0.25) is 0 Å². The molecule has 0 bridgehead atoms. The lowest BCUT2D eigenvalue weighted by molar-refractivity contribution is -0.0395. The first-order valence-corrected chi connectivity index (χ1v) is 8.35. The molecule has 0 saturated carbocycles. The van der Waals surface area contributed by atoms with Gasteiger partial charge >= 0.3 is 5.97 Å². The lowest BCUT2D eigenvalue weighted by Gasteiger charge is -2.32. The Morgan fingerprint density at radius 1 is 1.29 bits per heavy atom. The van der Waals surface area contributed by atoms with Crippen LogP contribution < -0.4 is 0 Å². The Kier molecular flexibility index (Phi) is 5.42. The van der Waals surface area contributed by atoms with Gasteiger partial charge in [0, 0.05) is 25.9 Å². The smallest absolute Gasteiger partial charge is 0.354 e. The predicted molar refractivity (Wildman–Crippen MR) is 85.0 cm³/mol. The summed E-state index contributed by atoms with van der Waals surface area (Å²) >= 11 is 0. The van der Waals surface area contributed by atoms with Gasteiger partial charge in [-0.15, -0.1) is 0 Å². The summed E-state index contributed by atoms with van der Waals surface area (Å²) in [5.41, 5.74) is 0.353. The molecule has 1 amide bonds. The highest BCUT2D eigenvalue weighted by molar-refractivity contribution is 5.95. The Morgan fingerprint density at radius 3 is 2.67 bits per heavy atom. The molecule has 1 atom stereocenters. The number of carboxylic acid groups (broad SMARTS) is 1. The molecule has 24 heavy (non-hydrogen) atoms. The van der Waals surface area contributed by atoms with E-state index >= 15 is 0 Å². The van der Waals surface area contributed by atoms with E-state index in [0.717, 1.165) is 32.3 Å². The highest BCUT2D eigenvalue weighted by Gasteiger charge is 2.25. The van der Waals surface area contributed by atoms with E-state index in [1.807, 2.05) is 0 Å². The first kappa shape index (κ1) is 16.9. The molecule has 7 nitrogen and oxygen atoms in total. The van der Waals surface area contributed by atoms with Crippen LogP contribution in [0.3, 0.4) is 0 Å². The number of aromatic nitrogens is 1. The molecule has 1 aromatic heterocycles. The van der Waals surface area contributed by atoms with Crippen LogP contribution in [0, 0.1) is 0 Å². The number of hydrogen-bond acceptors (Lipinski definition) is 5. The summed E-state index contributed by atoms with van der Waals surface area (Å²) in [5.74, 6) is -1.21. The van der Waals surface area contributed by atoms with Crippen molar-refractivity contribution in [3.05, 3.63) is 29.6 Å². The van der Waals surface area contributed by atoms with Gasteiger partial charge in [-0.1, -0.05) is 0 Å². The van der Waals surface area contributed by atoms with Crippen molar-refractivity contribution < 1.29 is 24.2 Å². The maximum Gasteiger partial charge on any atom is 0.354 e. The lowest BCUT2D eigenvalue weighted by Crippen LogP contribution is -2.41. The summed E-state index contributed by atoms with van der Waals surface area (Å²) < 4.78 is 11.5. The molecule has 2 aliphatic heterocycles. The van der Waals surface area contributed by atoms with Crippen molar-refractivity contribution in [3.8, 4) is 0 Å². The zero-order valence-corrected chi connectivity index (χ0v) is 13.5. The average Bonchev–Trinajstić information content (AvgIpc) is 3.13. The fourth-order valence-electron chi connectivity index (χ4n) is 3.07. The van der Waals surface area contributed by atoms with Gasteiger partial charge in [0.05, 0.1) is 24.4 Å². The number of amides is 1. The first-order valence-electron chi connectivity index (χ1n) is 8.35. The number of ether oxygens (including phenoxy) is 2. The fourth-order valence-corrected chi connectivity index (χ4v) is 3.07. The molecule has 2 aliphatic rings. The molecular weight excluding hydrogens is 312 g/mol. The number of piperidine rings is 1. The van der Waals surface area contributed by atoms with Crippen LogP contribution in [0.1, 0.15) is 46.5 Å². The minimum atomic E-state index is -1.10. The van der Waals surface area contributed by atoms with E-state index in [1.54, 1.807) is 4.90 Å². The summed E-state index contributed by atoms with van der Waals surface area (Å²) in [6.45, 7) is 2.74. The van der Waals surface area contributed by atoms with Gasteiger partial charge in [0.15, 0.2) is 0 Å². The zero-order valence-electron chi connectivity index (χ0n) is 13.5. The number of aromatic carboxylic acids is 1. The number of rotatable bonds is 5. The number of carbonyl (C=O) groups excluding carboxylic acids is 1. The first-order chi connectivity index (χ1) is 11.6. The highest BCUT2D eigenvalue weighted by atomic mass is 16.5. The number of pyridine rings is 1. The summed E-state index contributed by atoms with van der Waals surface area (Å²) in [4.78, 5) is 28.8. The SMILES string of the molecule is O=C(O)c1ccc(C(=O)N2CCC(OC[C@@H]3CCCO3)CC2)cn1. The van der Waals surface area contributed by atoms with Gasteiger partial charge in [0.2, 0.25) is 0 Å². The summed E-state index contributed by atoms with van der Waals surface area (Å²) in [7, 11) is 0. The van der Waals surface area contributed by atoms with E-state index in [4.69, 9.17) is 14.6 Å². The van der Waals surface area contributed by atoms with E-state index < -0.39 is 5.97 Å². The average molecular weight is 334 g/mol. The van der Waals surface area contributed by atoms with E-state index in [1.165, 1.54) is 18.3 Å². The molecule has 0 aromatic carbocycles. The van der Waals surface area contributed by atoms with Gasteiger partial charge < -0.3 is 19.5 Å². The Balaban J connectivity index is 1.46. The van der Waals surface area contributed by atoms with Gasteiger partial charge in [-0.25, -0.2) is 9.78 Å². The van der Waals surface area contributed by atoms with Gasteiger partial charge in [0.25, 0.3) is 5.91 Å². The molecule has 0 unspecified atom stereocenters. The molecule has 3 heterocycles. The Hall–Kier alpha value is -1.99. The number of hydrogen-bond donors (Lipinski definition) is 1. The van der Waals surface area contributed by atoms with Crippen LogP contribution in [0.5, 0.6) is 0 Å². The number of carbonyl (C=O) groups is 2. The summed E-state index contributed by atoms with van der Waals surface area (Å²) in [6.07, 6.45) is 5.50. The third-order valence-electron chi connectivity index (χ3n) is 4.50. The van der Waals surface area contributed by atoms with Crippen molar-refractivity contribution in [2.75, 3.05) is 26.3 Å². The van der Waals surface area contributed by atoms with Gasteiger partial charge in [-0.05, 0) is 37.8 Å². The van der Waals surface area contributed by atoms with E-state index in [2.05, 4.69) is 4.98 Å². The Morgan fingerprint density at radius 2 is 2.08 bits per heavy atom. The Bertz CT molecular complexity index is 575. The molecule has 7 heteroatoms. The molecule has 0 spiro atoms. The molecule has 1 N–H and O–H groups in total. The van der Waals surface area contributed by atoms with Crippen molar-refractivity contribution in [3.63, 3.8) is 0 Å². The van der Waals surface area contributed by atoms with E-state index in [-0.39, 0.29) is 23.8 Å². The molecule has 1 aromatic rings. The van der Waals surface area contributed by atoms with Crippen molar-refractivity contribution in [1.29, 1.82) is 0 Å². The quantitative estimate of drug-likeness (QED) is 0.879. The second-order valence-corrected chi connectivity index (χ2v) is 6.20. The summed E-state index contributed by atoms with van der Waals surface area (Å²) in [5, 5.41) is 8.84. The number of likely N-dealkylation sites (tertiary alicyclic amines) is 1. The third kappa shape index (κ3) is 4.10. The lowest BCUT2D eigenvalue weighted by atomic mass is 10.1. The maximum absolute atomic E-state index is 12.4. The second-order valence-electron chi connectivity index (χ2n) is 6.20. The van der Waals surface area contributed by atoms with Gasteiger partial charge in [-0.2, -0.15) is 0 Å². The molecule has 0 aliphatic carbocycles. The van der Waals surface area contributed by atoms with Crippen LogP contribution in [-0.2, 0) is 9.47 Å². The number of carboxylic acids is 1. The van der Waals surface area contributed by atoms with Crippen molar-refractivity contribution in [2.45, 2.75) is 37.9 Å². The highest BCUT2D eigenvalue weighted by Crippen LogP contribution is 2.19. The minimum Gasteiger partial charge on any atom is -0.477 e. The molecular formula is C17H22N2O5. The van der Waals surface area contributed by atoms with Crippen LogP contribution in [0.4, 0.5) is 0 Å². The zero-order chi connectivity index (χ0) is 16.9. The van der Waals surface area contributed by atoms with E-state index in [9.17, 15) is 9.59 Å². The predicted octanol–water partition coefficient (Wildman–Crippen LogP) is 1.58. The number of nitrogens with zero attached hydrogens (tertiary/aromatic N) is 2. The van der Waals surface area contributed by atoms with Crippen molar-refractivity contribution in [1.82, 2.24) is 9.88 Å². The summed E-state index contributed by atoms with van der Waals surface area (Å²) in [6, 6.07) is 2.87. The Labute approximate surface area is 140 Å². The molecule has 3 rings (SSSR count). The molecule has 2 saturated heterocycles.